The van der Waals surface area contributed by atoms with Crippen molar-refractivity contribution in [2.75, 3.05) is 45.9 Å². The van der Waals surface area contributed by atoms with Gasteiger partial charge in [0.05, 0.1) is 42.4 Å². The van der Waals surface area contributed by atoms with Gasteiger partial charge in [0, 0.05) is 56.2 Å². The standard InChI is InChI=1S/C31H36N4O3S/c36-30(29-13-32-21-39-29)35-14-25(31(20-35)18-34(19-31)15-27-4-2-12-38-27)16-37-17-26-3-1-5-28(33-26)24-10-8-23(9-11-24)22-6-7-22/h1,3,5,8-11,13,21-22,25,27H,2,4,6-7,12,14-20H2/t25-,27?/m0/s1. The minimum Gasteiger partial charge on any atom is -0.377 e. The summed E-state index contributed by atoms with van der Waals surface area (Å²) in [5, 5.41) is 0. The lowest BCUT2D eigenvalue weighted by Gasteiger charge is -2.51. The Morgan fingerprint density at radius 2 is 1.97 bits per heavy atom. The molecule has 1 aliphatic carbocycles. The highest BCUT2D eigenvalue weighted by atomic mass is 32.1. The number of thiazole rings is 1. The van der Waals surface area contributed by atoms with Crippen LogP contribution in [-0.2, 0) is 16.1 Å². The maximum atomic E-state index is 13.2. The van der Waals surface area contributed by atoms with Gasteiger partial charge >= 0.3 is 0 Å². The predicted octanol–water partition coefficient (Wildman–Crippen LogP) is 4.85. The summed E-state index contributed by atoms with van der Waals surface area (Å²) >= 11 is 1.42. The molecule has 8 heteroatoms. The quantitative estimate of drug-likeness (QED) is 0.384. The minimum atomic E-state index is 0.0809. The van der Waals surface area contributed by atoms with Crippen LogP contribution in [0.3, 0.4) is 0 Å². The highest BCUT2D eigenvalue weighted by Crippen LogP contribution is 2.45. The number of aromatic nitrogens is 2. The second kappa shape index (κ2) is 10.7. The molecule has 1 saturated carbocycles. The molecule has 7 rings (SSSR count). The van der Waals surface area contributed by atoms with Gasteiger partial charge in [-0.15, -0.1) is 11.3 Å². The molecule has 1 aromatic carbocycles. The zero-order valence-corrected chi connectivity index (χ0v) is 23.2. The van der Waals surface area contributed by atoms with Gasteiger partial charge in [-0.1, -0.05) is 30.3 Å². The third kappa shape index (κ3) is 5.40. The summed E-state index contributed by atoms with van der Waals surface area (Å²) in [4.78, 5) is 27.4. The lowest BCUT2D eigenvalue weighted by molar-refractivity contribution is -0.0679. The third-order valence-corrected chi connectivity index (χ3v) is 9.70. The van der Waals surface area contributed by atoms with Gasteiger partial charge in [-0.05, 0) is 49.3 Å². The summed E-state index contributed by atoms with van der Waals surface area (Å²) in [7, 11) is 0. The van der Waals surface area contributed by atoms with E-state index in [2.05, 4.69) is 46.3 Å². The van der Waals surface area contributed by atoms with Gasteiger partial charge in [0.25, 0.3) is 5.91 Å². The maximum absolute atomic E-state index is 13.2. The van der Waals surface area contributed by atoms with Gasteiger partial charge in [-0.2, -0.15) is 0 Å². The van der Waals surface area contributed by atoms with Crippen LogP contribution in [0.2, 0.25) is 0 Å². The Labute approximate surface area is 234 Å². The van der Waals surface area contributed by atoms with Crippen molar-refractivity contribution in [2.45, 2.75) is 44.3 Å². The SMILES string of the molecule is O=C(c1cncs1)N1C[C@@H](COCc2cccc(-c3ccc(C4CC4)cc3)n2)C2(CN(CC3CCCO3)C2)C1. The molecule has 4 aliphatic rings. The zero-order chi connectivity index (χ0) is 26.2. The monoisotopic (exact) mass is 544 g/mol. The molecule has 4 fully saturated rings. The number of carbonyl (C=O) groups is 1. The molecular formula is C31H36N4O3S. The molecule has 204 valence electrons. The van der Waals surface area contributed by atoms with Crippen LogP contribution < -0.4 is 0 Å². The van der Waals surface area contributed by atoms with Gasteiger partial charge in [-0.25, -0.2) is 0 Å². The van der Waals surface area contributed by atoms with Crippen molar-refractivity contribution < 1.29 is 14.3 Å². The van der Waals surface area contributed by atoms with Crippen molar-refractivity contribution in [1.82, 2.24) is 19.8 Å². The number of likely N-dealkylation sites (tertiary alicyclic amines) is 2. The first-order valence-electron chi connectivity index (χ1n) is 14.3. The van der Waals surface area contributed by atoms with Crippen LogP contribution in [0.25, 0.3) is 11.3 Å². The highest BCUT2D eigenvalue weighted by molar-refractivity contribution is 7.11. The van der Waals surface area contributed by atoms with Gasteiger partial charge in [0.15, 0.2) is 0 Å². The van der Waals surface area contributed by atoms with Crippen molar-refractivity contribution in [3.63, 3.8) is 0 Å². The molecule has 1 spiro atoms. The van der Waals surface area contributed by atoms with E-state index in [4.69, 9.17) is 14.5 Å². The largest absolute Gasteiger partial charge is 0.377 e. The van der Waals surface area contributed by atoms with Crippen molar-refractivity contribution in [2.24, 2.45) is 11.3 Å². The van der Waals surface area contributed by atoms with Crippen molar-refractivity contribution in [1.29, 1.82) is 0 Å². The van der Waals surface area contributed by atoms with Crippen LogP contribution in [0.5, 0.6) is 0 Å². The Morgan fingerprint density at radius 1 is 1.10 bits per heavy atom. The first kappa shape index (κ1) is 25.3. The number of carbonyl (C=O) groups excluding carboxylic acids is 1. The van der Waals surface area contributed by atoms with E-state index in [0.29, 0.717) is 30.1 Å². The van der Waals surface area contributed by atoms with Crippen molar-refractivity contribution in [3.05, 3.63) is 70.3 Å². The highest BCUT2D eigenvalue weighted by Gasteiger charge is 2.55. The summed E-state index contributed by atoms with van der Waals surface area (Å²) in [6, 6.07) is 15.1. The maximum Gasteiger partial charge on any atom is 0.265 e. The number of nitrogens with zero attached hydrogens (tertiary/aromatic N) is 4. The number of pyridine rings is 1. The summed E-state index contributed by atoms with van der Waals surface area (Å²) in [6.07, 6.45) is 7.00. The molecule has 2 aromatic heterocycles. The molecule has 0 N–H and O–H groups in total. The molecule has 3 aliphatic heterocycles. The fourth-order valence-corrected chi connectivity index (χ4v) is 7.26. The number of hydrogen-bond donors (Lipinski definition) is 0. The summed E-state index contributed by atoms with van der Waals surface area (Å²) in [5.41, 5.74) is 6.33. The van der Waals surface area contributed by atoms with Crippen LogP contribution in [-0.4, -0.2) is 77.7 Å². The Kier molecular flexibility index (Phi) is 6.97. The first-order chi connectivity index (χ1) is 19.1. The smallest absolute Gasteiger partial charge is 0.265 e. The van der Waals surface area contributed by atoms with E-state index in [1.165, 1.54) is 29.7 Å². The number of ether oxygens (including phenoxy) is 2. The van der Waals surface area contributed by atoms with Gasteiger partial charge < -0.3 is 14.4 Å². The molecule has 1 amide bonds. The third-order valence-electron chi connectivity index (χ3n) is 8.94. The van der Waals surface area contributed by atoms with Crippen LogP contribution in [0, 0.1) is 11.3 Å². The molecule has 3 aromatic rings. The average molecular weight is 545 g/mol. The fourth-order valence-electron chi connectivity index (χ4n) is 6.67. The topological polar surface area (TPSA) is 67.8 Å². The summed E-state index contributed by atoms with van der Waals surface area (Å²) < 4.78 is 12.2. The van der Waals surface area contributed by atoms with E-state index < -0.39 is 0 Å². The van der Waals surface area contributed by atoms with E-state index in [-0.39, 0.29) is 11.3 Å². The molecule has 3 saturated heterocycles. The van der Waals surface area contributed by atoms with Crippen molar-refractivity contribution >= 4 is 17.2 Å². The first-order valence-corrected chi connectivity index (χ1v) is 15.2. The van der Waals surface area contributed by atoms with E-state index >= 15 is 0 Å². The average Bonchev–Trinajstić information content (AvgIpc) is 3.31. The van der Waals surface area contributed by atoms with Crippen molar-refractivity contribution in [3.8, 4) is 11.3 Å². The Morgan fingerprint density at radius 3 is 2.72 bits per heavy atom. The molecule has 7 nitrogen and oxygen atoms in total. The van der Waals surface area contributed by atoms with E-state index in [1.54, 1.807) is 11.7 Å². The molecule has 39 heavy (non-hydrogen) atoms. The normalized spacial score (nSPS) is 24.4. The predicted molar refractivity (Wildman–Crippen MR) is 151 cm³/mol. The van der Waals surface area contributed by atoms with Gasteiger partial charge in [0.2, 0.25) is 0 Å². The molecule has 0 bridgehead atoms. The molecule has 0 radical (unpaired) electrons. The van der Waals surface area contributed by atoms with Gasteiger partial charge in [-0.3, -0.25) is 19.7 Å². The Bertz CT molecular complexity index is 1280. The van der Waals surface area contributed by atoms with E-state index in [0.717, 1.165) is 75.0 Å². The van der Waals surface area contributed by atoms with Crippen LogP contribution in [0.4, 0.5) is 0 Å². The zero-order valence-electron chi connectivity index (χ0n) is 22.3. The van der Waals surface area contributed by atoms with Crippen LogP contribution >= 0.6 is 11.3 Å². The molecule has 5 heterocycles. The molecule has 2 atom stereocenters. The number of hydrogen-bond acceptors (Lipinski definition) is 7. The van der Waals surface area contributed by atoms with Crippen LogP contribution in [0.1, 0.15) is 52.5 Å². The Hall–Kier alpha value is -2.65. The van der Waals surface area contributed by atoms with Gasteiger partial charge in [0.1, 0.15) is 4.88 Å². The minimum absolute atomic E-state index is 0.0809. The lowest BCUT2D eigenvalue weighted by atomic mass is 9.71. The number of rotatable bonds is 9. The Balaban J connectivity index is 0.992. The molecule has 1 unspecified atom stereocenters. The second-order valence-electron chi connectivity index (χ2n) is 11.8. The van der Waals surface area contributed by atoms with Crippen LogP contribution in [0.15, 0.2) is 54.2 Å². The second-order valence-corrected chi connectivity index (χ2v) is 12.7. The number of amides is 1. The van der Waals surface area contributed by atoms with E-state index in [9.17, 15) is 4.79 Å². The van der Waals surface area contributed by atoms with E-state index in [1.807, 2.05) is 11.0 Å². The summed E-state index contributed by atoms with van der Waals surface area (Å²) in [5.74, 6) is 1.16. The summed E-state index contributed by atoms with van der Waals surface area (Å²) in [6.45, 7) is 6.49. The number of benzene rings is 1. The fraction of sp³-hybridized carbons (Fsp3) is 0.516. The lowest BCUT2D eigenvalue weighted by Crippen LogP contribution is -2.62. The molecular weight excluding hydrogens is 508 g/mol.